The Morgan fingerprint density at radius 2 is 2.35 bits per heavy atom. The second-order valence-corrected chi connectivity index (χ2v) is 5.07. The summed E-state index contributed by atoms with van der Waals surface area (Å²) in [5.41, 5.74) is 1.70. The van der Waals surface area contributed by atoms with E-state index in [1.54, 1.807) is 13.1 Å². The van der Waals surface area contributed by atoms with Gasteiger partial charge in [-0.25, -0.2) is 0 Å². The molecule has 20 heavy (non-hydrogen) atoms. The Balaban J connectivity index is 2.05. The van der Waals surface area contributed by atoms with Crippen LogP contribution in [0.15, 0.2) is 18.2 Å². The van der Waals surface area contributed by atoms with Crippen LogP contribution in [0.2, 0.25) is 0 Å². The molecule has 0 saturated carbocycles. The number of hydrogen-bond donors (Lipinski definition) is 1. The molecule has 5 heteroatoms. The fraction of sp³-hybridized carbons (Fsp3) is 0.533. The lowest BCUT2D eigenvalue weighted by Gasteiger charge is -2.22. The van der Waals surface area contributed by atoms with Crippen molar-refractivity contribution in [3.63, 3.8) is 0 Å². The number of aliphatic hydroxyl groups is 1. The van der Waals surface area contributed by atoms with Gasteiger partial charge >= 0.3 is 0 Å². The number of amides is 1. The van der Waals surface area contributed by atoms with Crippen LogP contribution >= 0.6 is 0 Å². The topological polar surface area (TPSA) is 59.0 Å². The van der Waals surface area contributed by atoms with Crippen LogP contribution in [0.25, 0.3) is 0 Å². The van der Waals surface area contributed by atoms with Gasteiger partial charge in [-0.1, -0.05) is 0 Å². The summed E-state index contributed by atoms with van der Waals surface area (Å²) in [6.07, 6.45) is 1.24. The number of carbonyl (C=O) groups is 1. The number of carbonyl (C=O) groups excluding carboxylic acids is 1. The van der Waals surface area contributed by atoms with E-state index in [1.807, 2.05) is 12.1 Å². The molecule has 2 rings (SSSR count). The second kappa shape index (κ2) is 6.72. The van der Waals surface area contributed by atoms with Gasteiger partial charge in [0.15, 0.2) is 0 Å². The van der Waals surface area contributed by atoms with Gasteiger partial charge in [0.1, 0.15) is 5.75 Å². The summed E-state index contributed by atoms with van der Waals surface area (Å²) in [6.45, 7) is 1.21. The van der Waals surface area contributed by atoms with Crippen LogP contribution in [-0.4, -0.2) is 55.9 Å². The molecule has 0 saturated heterocycles. The van der Waals surface area contributed by atoms with Crippen molar-refractivity contribution in [3.8, 4) is 5.75 Å². The van der Waals surface area contributed by atoms with E-state index in [0.29, 0.717) is 5.56 Å². The first-order chi connectivity index (χ1) is 9.61. The summed E-state index contributed by atoms with van der Waals surface area (Å²) in [6, 6.07) is 5.50. The monoisotopic (exact) mass is 279 g/mol. The van der Waals surface area contributed by atoms with Crippen molar-refractivity contribution in [1.82, 2.24) is 4.90 Å². The molecule has 0 bridgehead atoms. The molecule has 1 aromatic carbocycles. The first-order valence-corrected chi connectivity index (χ1v) is 6.80. The maximum Gasteiger partial charge on any atom is 0.253 e. The molecule has 1 amide bonds. The summed E-state index contributed by atoms with van der Waals surface area (Å²) in [7, 11) is 3.20. The van der Waals surface area contributed by atoms with E-state index in [9.17, 15) is 9.90 Å². The maximum absolute atomic E-state index is 12.3. The van der Waals surface area contributed by atoms with Crippen molar-refractivity contribution in [2.24, 2.45) is 0 Å². The molecule has 0 aromatic heterocycles. The van der Waals surface area contributed by atoms with E-state index in [1.165, 1.54) is 12.0 Å². The highest BCUT2D eigenvalue weighted by atomic mass is 16.5. The number of benzene rings is 1. The summed E-state index contributed by atoms with van der Waals surface area (Å²) < 4.78 is 10.4. The number of nitrogens with zero attached hydrogens (tertiary/aromatic N) is 1. The molecule has 0 radical (unpaired) electrons. The van der Waals surface area contributed by atoms with Gasteiger partial charge in [0.05, 0.1) is 19.3 Å². The second-order valence-electron chi connectivity index (χ2n) is 5.07. The molecule has 1 heterocycles. The van der Waals surface area contributed by atoms with Crippen molar-refractivity contribution in [3.05, 3.63) is 29.3 Å². The van der Waals surface area contributed by atoms with Crippen LogP contribution in [0.1, 0.15) is 22.3 Å². The maximum atomic E-state index is 12.3. The normalized spacial score (nSPS) is 15.2. The molecule has 0 unspecified atom stereocenters. The van der Waals surface area contributed by atoms with Crippen molar-refractivity contribution >= 4 is 5.91 Å². The standard InChI is InChI=1S/C15H21NO4/c1-16(9-13(17)10-19-2)15(18)12-5-6-14-11(8-12)4-3-7-20-14/h5-6,8,13,17H,3-4,7,9-10H2,1-2H3/t13-/m0/s1. The Kier molecular flexibility index (Phi) is 4.98. The van der Waals surface area contributed by atoms with Crippen molar-refractivity contribution in [2.45, 2.75) is 18.9 Å². The number of likely N-dealkylation sites (N-methyl/N-ethyl adjacent to an activating group) is 1. The average Bonchev–Trinajstić information content (AvgIpc) is 2.46. The average molecular weight is 279 g/mol. The predicted molar refractivity (Wildman–Crippen MR) is 75.1 cm³/mol. The van der Waals surface area contributed by atoms with E-state index in [-0.39, 0.29) is 19.1 Å². The third-order valence-corrected chi connectivity index (χ3v) is 3.35. The minimum absolute atomic E-state index is 0.103. The molecule has 1 N–H and O–H groups in total. The molecular formula is C15H21NO4. The summed E-state index contributed by atoms with van der Waals surface area (Å²) >= 11 is 0. The van der Waals surface area contributed by atoms with Gasteiger partial charge in [0, 0.05) is 26.3 Å². The molecule has 1 aromatic rings. The first-order valence-electron chi connectivity index (χ1n) is 6.80. The fourth-order valence-corrected chi connectivity index (χ4v) is 2.36. The Morgan fingerprint density at radius 3 is 3.10 bits per heavy atom. The van der Waals surface area contributed by atoms with Crippen LogP contribution in [0.3, 0.4) is 0 Å². The van der Waals surface area contributed by atoms with Gasteiger partial charge in [-0.3, -0.25) is 4.79 Å². The third kappa shape index (κ3) is 3.49. The highest BCUT2D eigenvalue weighted by molar-refractivity contribution is 5.94. The highest BCUT2D eigenvalue weighted by Crippen LogP contribution is 2.25. The molecule has 0 aliphatic carbocycles. The number of methoxy groups -OCH3 is 1. The van der Waals surface area contributed by atoms with E-state index < -0.39 is 6.10 Å². The van der Waals surface area contributed by atoms with Crippen molar-refractivity contribution in [1.29, 1.82) is 0 Å². The third-order valence-electron chi connectivity index (χ3n) is 3.35. The Morgan fingerprint density at radius 1 is 1.55 bits per heavy atom. The predicted octanol–water partition coefficient (Wildman–Crippen LogP) is 1.09. The molecule has 1 aliphatic rings. The minimum Gasteiger partial charge on any atom is -0.493 e. The number of aliphatic hydroxyl groups excluding tert-OH is 1. The summed E-state index contributed by atoms with van der Waals surface area (Å²) in [5, 5.41) is 9.67. The van der Waals surface area contributed by atoms with Crippen molar-refractivity contribution in [2.75, 3.05) is 33.9 Å². The van der Waals surface area contributed by atoms with Crippen LogP contribution < -0.4 is 4.74 Å². The molecule has 1 aliphatic heterocycles. The molecule has 0 spiro atoms. The SMILES string of the molecule is COC[C@@H](O)CN(C)C(=O)c1ccc2c(c1)CCCO2. The fourth-order valence-electron chi connectivity index (χ4n) is 2.36. The quantitative estimate of drug-likeness (QED) is 0.876. The largest absolute Gasteiger partial charge is 0.493 e. The number of aryl methyl sites for hydroxylation is 1. The number of ether oxygens (including phenoxy) is 2. The first kappa shape index (κ1) is 14.8. The van der Waals surface area contributed by atoms with Crippen LogP contribution in [0.4, 0.5) is 0 Å². The van der Waals surface area contributed by atoms with E-state index >= 15 is 0 Å². The lowest BCUT2D eigenvalue weighted by Crippen LogP contribution is -2.36. The minimum atomic E-state index is -0.671. The van der Waals surface area contributed by atoms with Crippen LogP contribution in [0.5, 0.6) is 5.75 Å². The van der Waals surface area contributed by atoms with Gasteiger partial charge in [-0.15, -0.1) is 0 Å². The van der Waals surface area contributed by atoms with Gasteiger partial charge in [0.2, 0.25) is 0 Å². The van der Waals surface area contributed by atoms with Gasteiger partial charge in [-0.05, 0) is 36.6 Å². The lowest BCUT2D eigenvalue weighted by atomic mass is 10.0. The molecule has 110 valence electrons. The van der Waals surface area contributed by atoms with Gasteiger partial charge < -0.3 is 19.5 Å². The number of rotatable bonds is 5. The zero-order valence-corrected chi connectivity index (χ0v) is 12.0. The van der Waals surface area contributed by atoms with E-state index in [4.69, 9.17) is 9.47 Å². The Labute approximate surface area is 119 Å². The van der Waals surface area contributed by atoms with Gasteiger partial charge in [0.25, 0.3) is 5.91 Å². The zero-order chi connectivity index (χ0) is 14.5. The van der Waals surface area contributed by atoms with Crippen molar-refractivity contribution < 1.29 is 19.4 Å². The van der Waals surface area contributed by atoms with Gasteiger partial charge in [-0.2, -0.15) is 0 Å². The van der Waals surface area contributed by atoms with E-state index in [0.717, 1.165) is 30.8 Å². The van der Waals surface area contributed by atoms with E-state index in [2.05, 4.69) is 0 Å². The molecule has 0 fully saturated rings. The summed E-state index contributed by atoms with van der Waals surface area (Å²) in [4.78, 5) is 13.8. The van der Waals surface area contributed by atoms with Crippen LogP contribution in [0, 0.1) is 0 Å². The van der Waals surface area contributed by atoms with Crippen LogP contribution in [-0.2, 0) is 11.2 Å². The molecule has 5 nitrogen and oxygen atoms in total. The molecule has 1 atom stereocenters. The highest BCUT2D eigenvalue weighted by Gasteiger charge is 2.18. The summed E-state index contributed by atoms with van der Waals surface area (Å²) in [5.74, 6) is 0.767. The number of fused-ring (bicyclic) bond motifs is 1. The smallest absolute Gasteiger partial charge is 0.253 e. The molecular weight excluding hydrogens is 258 g/mol. The Bertz CT molecular complexity index is 475. The zero-order valence-electron chi connectivity index (χ0n) is 12.0. The lowest BCUT2D eigenvalue weighted by molar-refractivity contribution is 0.0380. The number of hydrogen-bond acceptors (Lipinski definition) is 4. The Hall–Kier alpha value is -1.59.